The molecule has 0 atom stereocenters. The van der Waals surface area contributed by atoms with Crippen molar-refractivity contribution in [3.63, 3.8) is 0 Å². The number of para-hydroxylation sites is 1. The van der Waals surface area contributed by atoms with Crippen molar-refractivity contribution >= 4 is 28.7 Å². The summed E-state index contributed by atoms with van der Waals surface area (Å²) in [5, 5.41) is 11.0. The van der Waals surface area contributed by atoms with Crippen LogP contribution < -0.4 is 10.7 Å². The van der Waals surface area contributed by atoms with Crippen molar-refractivity contribution in [2.24, 2.45) is 5.92 Å². The van der Waals surface area contributed by atoms with Crippen LogP contribution in [0.1, 0.15) is 43.1 Å². The zero-order valence-corrected chi connectivity index (χ0v) is 13.8. The Morgan fingerprint density at radius 1 is 1.28 bits per heavy atom. The highest BCUT2D eigenvalue weighted by Crippen LogP contribution is 2.35. The van der Waals surface area contributed by atoms with E-state index in [0.717, 1.165) is 17.9 Å². The number of nitrogens with one attached hydrogen (secondary N) is 3. The molecule has 2 aromatic rings. The normalized spacial score (nSPS) is 26.3. The molecule has 1 saturated heterocycles. The summed E-state index contributed by atoms with van der Waals surface area (Å²) in [6.45, 7) is 2.14. The maximum absolute atomic E-state index is 12.8. The van der Waals surface area contributed by atoms with E-state index in [9.17, 15) is 14.4 Å². The molecule has 1 saturated carbocycles. The maximum atomic E-state index is 12.8. The number of carbonyl (C=O) groups excluding carboxylic acids is 3. The van der Waals surface area contributed by atoms with E-state index in [2.05, 4.69) is 27.9 Å². The third-order valence-corrected chi connectivity index (χ3v) is 5.19. The topological polar surface area (TPSA) is 107 Å². The van der Waals surface area contributed by atoms with Crippen molar-refractivity contribution in [2.75, 3.05) is 0 Å². The van der Waals surface area contributed by atoms with Gasteiger partial charge in [-0.2, -0.15) is 10.1 Å². The van der Waals surface area contributed by atoms with Gasteiger partial charge in [0.05, 0.1) is 5.52 Å². The van der Waals surface area contributed by atoms with Crippen molar-refractivity contribution in [1.29, 1.82) is 0 Å². The first kappa shape index (κ1) is 15.6. The number of benzene rings is 1. The van der Waals surface area contributed by atoms with Gasteiger partial charge in [-0.15, -0.1) is 0 Å². The lowest BCUT2D eigenvalue weighted by molar-refractivity contribution is -0.134. The number of urea groups is 1. The number of hydrogen-bond donors (Lipinski definition) is 3. The Hall–Kier alpha value is -2.90. The van der Waals surface area contributed by atoms with Crippen LogP contribution in [0, 0.1) is 5.92 Å². The molecule has 2 fully saturated rings. The third kappa shape index (κ3) is 2.45. The summed E-state index contributed by atoms with van der Waals surface area (Å²) in [5.41, 5.74) is 2.38. The molecule has 2 heterocycles. The molecule has 0 bridgehead atoms. The number of carbonyl (C=O) groups is 3. The van der Waals surface area contributed by atoms with Crippen LogP contribution in [-0.2, 0) is 4.79 Å². The fourth-order valence-electron chi connectivity index (χ4n) is 3.61. The Morgan fingerprint density at radius 2 is 2.00 bits per heavy atom. The zero-order chi connectivity index (χ0) is 17.6. The van der Waals surface area contributed by atoms with E-state index in [1.165, 1.54) is 0 Å². The molecule has 1 aromatic heterocycles. The van der Waals surface area contributed by atoms with Gasteiger partial charge in [0.2, 0.25) is 0 Å². The Bertz CT molecular complexity index is 866. The van der Waals surface area contributed by atoms with E-state index in [1.807, 2.05) is 6.07 Å². The van der Waals surface area contributed by atoms with Gasteiger partial charge in [0.25, 0.3) is 11.8 Å². The molecule has 3 N–H and O–H groups in total. The standard InChI is InChI=1S/C17H19N5O3/c1-10-6-8-17(9-7-10)15(24)22(16(25)18-17)21-14(23)13-11-4-2-3-5-12(11)19-20-13/h2-5,10H,6-9H2,1H3,(H,18,25)(H,19,20)(H,21,23). The van der Waals surface area contributed by atoms with E-state index in [1.54, 1.807) is 18.2 Å². The molecule has 1 spiro atoms. The van der Waals surface area contributed by atoms with Crippen LogP contribution >= 0.6 is 0 Å². The number of aromatic nitrogens is 2. The Labute approximate surface area is 143 Å². The number of imide groups is 1. The second kappa shape index (κ2) is 5.58. The lowest BCUT2D eigenvalue weighted by Crippen LogP contribution is -2.51. The molecule has 1 aromatic carbocycles. The second-order valence-electron chi connectivity index (χ2n) is 6.89. The fourth-order valence-corrected chi connectivity index (χ4v) is 3.61. The first-order valence-electron chi connectivity index (χ1n) is 8.41. The van der Waals surface area contributed by atoms with Crippen LogP contribution in [0.25, 0.3) is 10.9 Å². The number of hydrazine groups is 1. The predicted octanol–water partition coefficient (Wildman–Crippen LogP) is 1.71. The highest BCUT2D eigenvalue weighted by Gasteiger charge is 2.53. The zero-order valence-electron chi connectivity index (χ0n) is 13.8. The first-order chi connectivity index (χ1) is 12.0. The lowest BCUT2D eigenvalue weighted by Gasteiger charge is -2.33. The van der Waals surface area contributed by atoms with Crippen molar-refractivity contribution in [3.05, 3.63) is 30.0 Å². The molecule has 1 aliphatic carbocycles. The van der Waals surface area contributed by atoms with Crippen LogP contribution in [0.2, 0.25) is 0 Å². The van der Waals surface area contributed by atoms with Crippen molar-refractivity contribution in [1.82, 2.24) is 25.9 Å². The third-order valence-electron chi connectivity index (χ3n) is 5.19. The number of fused-ring (bicyclic) bond motifs is 1. The average Bonchev–Trinajstić information content (AvgIpc) is 3.13. The number of hydrogen-bond acceptors (Lipinski definition) is 4. The summed E-state index contributed by atoms with van der Waals surface area (Å²) in [6, 6.07) is 6.58. The van der Waals surface area contributed by atoms with Crippen LogP contribution in [-0.4, -0.2) is 38.6 Å². The molecule has 0 radical (unpaired) electrons. The summed E-state index contributed by atoms with van der Waals surface area (Å²) in [4.78, 5) is 37.5. The van der Waals surface area contributed by atoms with Gasteiger partial charge in [0.1, 0.15) is 5.54 Å². The van der Waals surface area contributed by atoms with E-state index in [0.29, 0.717) is 29.7 Å². The smallest absolute Gasteiger partial charge is 0.322 e. The molecule has 130 valence electrons. The molecule has 2 aliphatic rings. The minimum atomic E-state index is -0.884. The van der Waals surface area contributed by atoms with Crippen LogP contribution in [0.5, 0.6) is 0 Å². The number of amides is 4. The number of rotatable bonds is 2. The minimum absolute atomic E-state index is 0.148. The molecular formula is C17H19N5O3. The molecule has 8 nitrogen and oxygen atoms in total. The van der Waals surface area contributed by atoms with Crippen molar-refractivity contribution < 1.29 is 14.4 Å². The number of aromatic amines is 1. The minimum Gasteiger partial charge on any atom is -0.322 e. The quantitative estimate of drug-likeness (QED) is 0.723. The molecule has 25 heavy (non-hydrogen) atoms. The van der Waals surface area contributed by atoms with Crippen molar-refractivity contribution in [3.8, 4) is 0 Å². The average molecular weight is 341 g/mol. The van der Waals surface area contributed by atoms with E-state index in [4.69, 9.17) is 0 Å². The first-order valence-corrected chi connectivity index (χ1v) is 8.41. The monoisotopic (exact) mass is 341 g/mol. The van der Waals surface area contributed by atoms with Crippen LogP contribution in [0.15, 0.2) is 24.3 Å². The molecule has 0 unspecified atom stereocenters. The van der Waals surface area contributed by atoms with Crippen LogP contribution in [0.3, 0.4) is 0 Å². The summed E-state index contributed by atoms with van der Waals surface area (Å²) < 4.78 is 0. The summed E-state index contributed by atoms with van der Waals surface area (Å²) in [7, 11) is 0. The van der Waals surface area contributed by atoms with E-state index >= 15 is 0 Å². The van der Waals surface area contributed by atoms with Gasteiger partial charge >= 0.3 is 6.03 Å². The van der Waals surface area contributed by atoms with Gasteiger partial charge < -0.3 is 5.32 Å². The number of H-pyrrole nitrogens is 1. The lowest BCUT2D eigenvalue weighted by atomic mass is 9.77. The SMILES string of the molecule is CC1CCC2(CC1)NC(=O)N(NC(=O)c1n[nH]c3ccccc13)C2=O. The summed E-state index contributed by atoms with van der Waals surface area (Å²) >= 11 is 0. The summed E-state index contributed by atoms with van der Waals surface area (Å²) in [6.07, 6.45) is 2.93. The Balaban J connectivity index is 1.55. The summed E-state index contributed by atoms with van der Waals surface area (Å²) in [5.74, 6) is -0.450. The van der Waals surface area contributed by atoms with Gasteiger partial charge in [0.15, 0.2) is 5.69 Å². The van der Waals surface area contributed by atoms with Gasteiger partial charge in [0, 0.05) is 5.39 Å². The highest BCUT2D eigenvalue weighted by atomic mass is 16.2. The second-order valence-corrected chi connectivity index (χ2v) is 6.89. The highest BCUT2D eigenvalue weighted by molar-refractivity contribution is 6.11. The molecule has 4 amide bonds. The van der Waals surface area contributed by atoms with Gasteiger partial charge in [-0.3, -0.25) is 20.1 Å². The predicted molar refractivity (Wildman–Crippen MR) is 89.3 cm³/mol. The van der Waals surface area contributed by atoms with E-state index in [-0.39, 0.29) is 5.69 Å². The maximum Gasteiger partial charge on any atom is 0.344 e. The number of nitrogens with zero attached hydrogens (tertiary/aromatic N) is 2. The Morgan fingerprint density at radius 3 is 2.76 bits per heavy atom. The molecular weight excluding hydrogens is 322 g/mol. The molecule has 1 aliphatic heterocycles. The molecule has 8 heteroatoms. The van der Waals surface area contributed by atoms with Gasteiger partial charge in [-0.1, -0.05) is 25.1 Å². The van der Waals surface area contributed by atoms with Crippen LogP contribution in [0.4, 0.5) is 4.79 Å². The Kier molecular flexibility index (Phi) is 3.48. The van der Waals surface area contributed by atoms with Gasteiger partial charge in [-0.05, 0) is 37.7 Å². The fraction of sp³-hybridized carbons (Fsp3) is 0.412. The van der Waals surface area contributed by atoms with Crippen molar-refractivity contribution in [2.45, 2.75) is 38.1 Å². The van der Waals surface area contributed by atoms with Gasteiger partial charge in [-0.25, -0.2) is 4.79 Å². The largest absolute Gasteiger partial charge is 0.344 e. The molecule has 4 rings (SSSR count). The van der Waals surface area contributed by atoms with E-state index < -0.39 is 23.4 Å².